The normalized spacial score (nSPS) is 14.6. The van der Waals surface area contributed by atoms with Crippen molar-refractivity contribution in [3.63, 3.8) is 0 Å². The van der Waals surface area contributed by atoms with Gasteiger partial charge in [-0.2, -0.15) is 0 Å². The molecule has 3 nitrogen and oxygen atoms in total. The Morgan fingerprint density at radius 1 is 0.591 bits per heavy atom. The average Bonchev–Trinajstić information content (AvgIpc) is 2.16. The van der Waals surface area contributed by atoms with Gasteiger partial charge < -0.3 is 14.2 Å². The maximum absolute atomic E-state index is 6.32. The van der Waals surface area contributed by atoms with Crippen LogP contribution >= 0.6 is 0 Å². The predicted molar refractivity (Wildman–Crippen MR) is 98.5 cm³/mol. The molecule has 0 atom stereocenters. The van der Waals surface area contributed by atoms with Gasteiger partial charge >= 0.3 is 0 Å². The molecule has 0 saturated carbocycles. The topological polar surface area (TPSA) is 27.7 Å². The molecule has 0 aromatic heterocycles. The standard InChI is InChI=1S/C18H40O3Si/c1-15(2,3)19-18(20-16(4,5)6,21-17(7,8)9)13-11-10-12-14-22/h10-14H2,1-9,22H3. The van der Waals surface area contributed by atoms with Crippen LogP contribution in [-0.4, -0.2) is 33.0 Å². The summed E-state index contributed by atoms with van der Waals surface area (Å²) >= 11 is 0. The zero-order valence-corrected chi connectivity index (χ0v) is 18.8. The second kappa shape index (κ2) is 8.27. The fraction of sp³-hybridized carbons (Fsp3) is 1.00. The highest BCUT2D eigenvalue weighted by atomic mass is 28.1. The lowest BCUT2D eigenvalue weighted by atomic mass is 10.1. The van der Waals surface area contributed by atoms with Crippen LogP contribution in [-0.2, 0) is 14.2 Å². The Balaban J connectivity index is 5.30. The van der Waals surface area contributed by atoms with Crippen LogP contribution in [0.15, 0.2) is 0 Å². The second-order valence-corrected chi connectivity index (χ2v) is 10.1. The number of hydrogen-bond donors (Lipinski definition) is 0. The van der Waals surface area contributed by atoms with E-state index in [1.54, 1.807) is 0 Å². The van der Waals surface area contributed by atoms with Crippen LogP contribution in [0.5, 0.6) is 0 Å². The summed E-state index contributed by atoms with van der Waals surface area (Å²) in [6.45, 7) is 18.5. The van der Waals surface area contributed by atoms with E-state index in [9.17, 15) is 0 Å². The molecule has 0 radical (unpaired) electrons. The maximum atomic E-state index is 6.32. The minimum atomic E-state index is -0.986. The minimum absolute atomic E-state index is 0.325. The summed E-state index contributed by atoms with van der Waals surface area (Å²) < 4.78 is 19.0. The van der Waals surface area contributed by atoms with Gasteiger partial charge in [-0.1, -0.05) is 18.9 Å². The van der Waals surface area contributed by atoms with E-state index in [4.69, 9.17) is 14.2 Å². The van der Waals surface area contributed by atoms with Crippen molar-refractivity contribution in [3.05, 3.63) is 0 Å². The van der Waals surface area contributed by atoms with Crippen LogP contribution in [0.2, 0.25) is 6.04 Å². The molecule has 0 fully saturated rings. The predicted octanol–water partition coefficient (Wildman–Crippen LogP) is 4.43. The zero-order chi connectivity index (χ0) is 17.7. The first-order valence-electron chi connectivity index (χ1n) is 8.79. The Bertz CT molecular complexity index is 267. The molecule has 0 bridgehead atoms. The summed E-state index contributed by atoms with van der Waals surface area (Å²) in [4.78, 5) is 0. The van der Waals surface area contributed by atoms with Crippen molar-refractivity contribution in [2.75, 3.05) is 0 Å². The van der Waals surface area contributed by atoms with E-state index in [0.717, 1.165) is 12.8 Å². The molecule has 0 saturated heterocycles. The summed E-state index contributed by atoms with van der Waals surface area (Å²) in [5.74, 6) is -0.986. The minimum Gasteiger partial charge on any atom is -0.322 e. The monoisotopic (exact) mass is 332 g/mol. The van der Waals surface area contributed by atoms with E-state index in [1.807, 2.05) is 0 Å². The van der Waals surface area contributed by atoms with Gasteiger partial charge in [-0.15, -0.1) is 0 Å². The van der Waals surface area contributed by atoms with E-state index in [-0.39, 0.29) is 16.8 Å². The highest BCUT2D eigenvalue weighted by Crippen LogP contribution is 2.36. The highest BCUT2D eigenvalue weighted by Gasteiger charge is 2.43. The van der Waals surface area contributed by atoms with Gasteiger partial charge in [-0.05, 0) is 68.7 Å². The summed E-state index contributed by atoms with van der Waals surface area (Å²) in [5.41, 5.74) is -0.976. The molecule has 22 heavy (non-hydrogen) atoms. The van der Waals surface area contributed by atoms with Crippen LogP contribution in [0.25, 0.3) is 0 Å². The van der Waals surface area contributed by atoms with Gasteiger partial charge in [0.15, 0.2) is 0 Å². The molecule has 0 aliphatic rings. The van der Waals surface area contributed by atoms with Gasteiger partial charge in [-0.25, -0.2) is 0 Å². The van der Waals surface area contributed by atoms with Gasteiger partial charge in [0.1, 0.15) is 0 Å². The van der Waals surface area contributed by atoms with Crippen molar-refractivity contribution >= 4 is 10.2 Å². The maximum Gasteiger partial charge on any atom is 0.284 e. The smallest absolute Gasteiger partial charge is 0.284 e. The van der Waals surface area contributed by atoms with Crippen LogP contribution in [0.3, 0.4) is 0 Å². The van der Waals surface area contributed by atoms with Crippen molar-refractivity contribution in [1.82, 2.24) is 0 Å². The second-order valence-electron chi connectivity index (χ2n) is 9.14. The third-order valence-electron chi connectivity index (χ3n) is 2.72. The van der Waals surface area contributed by atoms with Crippen LogP contribution in [0.1, 0.15) is 88.0 Å². The Morgan fingerprint density at radius 2 is 0.955 bits per heavy atom. The number of ether oxygens (including phenoxy) is 3. The molecule has 0 aliphatic heterocycles. The van der Waals surface area contributed by atoms with Gasteiger partial charge in [0.25, 0.3) is 5.97 Å². The van der Waals surface area contributed by atoms with Gasteiger partial charge in [-0.3, -0.25) is 0 Å². The van der Waals surface area contributed by atoms with E-state index in [2.05, 4.69) is 62.3 Å². The number of rotatable bonds is 8. The Kier molecular flexibility index (Phi) is 8.31. The molecule has 0 aliphatic carbocycles. The molecule has 0 heterocycles. The first-order valence-corrected chi connectivity index (χ1v) is 10.2. The zero-order valence-electron chi connectivity index (χ0n) is 16.8. The molecular weight excluding hydrogens is 292 g/mol. The lowest BCUT2D eigenvalue weighted by Gasteiger charge is -2.45. The van der Waals surface area contributed by atoms with E-state index < -0.39 is 5.97 Å². The van der Waals surface area contributed by atoms with Gasteiger partial charge in [0, 0.05) is 16.7 Å². The first kappa shape index (κ1) is 22.1. The van der Waals surface area contributed by atoms with Crippen LogP contribution < -0.4 is 0 Å². The van der Waals surface area contributed by atoms with Crippen LogP contribution in [0.4, 0.5) is 0 Å². The molecular formula is C18H40O3Si. The number of unbranched alkanes of at least 4 members (excludes halogenated alkanes) is 2. The summed E-state index contributed by atoms with van der Waals surface area (Å²) in [5, 5.41) is 0. The molecule has 4 heteroatoms. The SMILES string of the molecule is CC(C)(C)OC(CCCCC[SiH3])(OC(C)(C)C)OC(C)(C)C. The molecule has 0 rings (SSSR count). The summed E-state index contributed by atoms with van der Waals surface area (Å²) in [6, 6.07) is 1.35. The van der Waals surface area contributed by atoms with E-state index >= 15 is 0 Å². The van der Waals surface area contributed by atoms with E-state index in [1.165, 1.54) is 29.1 Å². The van der Waals surface area contributed by atoms with Crippen molar-refractivity contribution < 1.29 is 14.2 Å². The molecule has 0 N–H and O–H groups in total. The largest absolute Gasteiger partial charge is 0.322 e. The Hall–Kier alpha value is 0.0969. The molecule has 0 amide bonds. The molecule has 0 spiro atoms. The van der Waals surface area contributed by atoms with Gasteiger partial charge in [0.2, 0.25) is 0 Å². The van der Waals surface area contributed by atoms with E-state index in [0.29, 0.717) is 0 Å². The van der Waals surface area contributed by atoms with Crippen molar-refractivity contribution in [1.29, 1.82) is 0 Å². The van der Waals surface area contributed by atoms with Crippen molar-refractivity contribution in [2.45, 2.75) is 117 Å². The quantitative estimate of drug-likeness (QED) is 0.374. The van der Waals surface area contributed by atoms with Crippen LogP contribution in [0, 0.1) is 0 Å². The molecule has 0 unspecified atom stereocenters. The summed E-state index contributed by atoms with van der Waals surface area (Å²) in [7, 11) is 1.28. The molecule has 134 valence electrons. The molecule has 0 aromatic carbocycles. The fourth-order valence-electron chi connectivity index (χ4n) is 2.38. The average molecular weight is 333 g/mol. The Morgan fingerprint density at radius 3 is 1.23 bits per heavy atom. The summed E-state index contributed by atoms with van der Waals surface area (Å²) in [6.07, 6.45) is 4.33. The lowest BCUT2D eigenvalue weighted by Crippen LogP contribution is -2.52. The third kappa shape index (κ3) is 11.6. The first-order chi connectivity index (χ1) is 9.68. The Labute approximate surface area is 141 Å². The highest BCUT2D eigenvalue weighted by molar-refractivity contribution is 6.08. The van der Waals surface area contributed by atoms with Crippen molar-refractivity contribution in [2.24, 2.45) is 0 Å². The number of hydrogen-bond acceptors (Lipinski definition) is 3. The third-order valence-corrected chi connectivity index (χ3v) is 3.43. The fourth-order valence-corrected chi connectivity index (χ4v) is 2.88. The van der Waals surface area contributed by atoms with Gasteiger partial charge in [0.05, 0.1) is 16.8 Å². The van der Waals surface area contributed by atoms with Crippen molar-refractivity contribution in [3.8, 4) is 0 Å². The lowest BCUT2D eigenvalue weighted by molar-refractivity contribution is -0.449. The molecule has 0 aromatic rings.